The van der Waals surface area contributed by atoms with Crippen LogP contribution in [0.4, 0.5) is 0 Å². The molecule has 1 amide bonds. The fourth-order valence-corrected chi connectivity index (χ4v) is 5.09. The molecule has 0 saturated heterocycles. The number of unbranched alkanes of at least 4 members (excludes halogenated alkanes) is 2. The minimum atomic E-state index is -0.806. The van der Waals surface area contributed by atoms with Gasteiger partial charge in [0.25, 0.3) is 0 Å². The first-order chi connectivity index (χ1) is 26.8. The Bertz CT molecular complexity index is 1020. The minimum Gasteiger partial charge on any atom is -0.425 e. The zero-order chi connectivity index (χ0) is 48.2. The van der Waals surface area contributed by atoms with Crippen LogP contribution in [0.1, 0.15) is 204 Å². The second kappa shape index (κ2) is 32.3. The van der Waals surface area contributed by atoms with Gasteiger partial charge in [0.15, 0.2) is 0 Å². The van der Waals surface area contributed by atoms with Crippen LogP contribution in [0.2, 0.25) is 0 Å². The maximum Gasteiger partial charge on any atom is 0.311 e. The third-order valence-electron chi connectivity index (χ3n) is 7.68. The summed E-state index contributed by atoms with van der Waals surface area (Å²) in [5.74, 6) is 1.66. The van der Waals surface area contributed by atoms with Gasteiger partial charge in [0, 0.05) is 25.5 Å². The number of carbonyl (C=O) groups is 3. The standard InChI is InChI=1S/C16H34S.C12H25NO2.C11H24O3.C10H18O4/c1-15(2,3)11-8-7-9-13-17-14-10-12-16(4,5)6;1-11(2,3)10(14)13-8-7-9-15-12(4,5)6;1-10(2,3)13-7-9(12)8-14-11(4,5)6;1-6(2)9(11)13-8(5)14-10(12)7(3)4/h7-14H2,1-6H3;7-9H2,1-6H3,(H,13,14);9,12H,7-8H2,1-6H3;6-8H,1-5H3. The average Bonchev–Trinajstić information content (AvgIpc) is 3.03. The first-order valence-electron chi connectivity index (χ1n) is 22.6. The van der Waals surface area contributed by atoms with Crippen LogP contribution in [0.15, 0.2) is 0 Å². The van der Waals surface area contributed by atoms with Crippen LogP contribution in [0.25, 0.3) is 0 Å². The summed E-state index contributed by atoms with van der Waals surface area (Å²) >= 11 is 2.15. The van der Waals surface area contributed by atoms with Gasteiger partial charge < -0.3 is 34.1 Å². The van der Waals surface area contributed by atoms with Crippen LogP contribution in [0, 0.1) is 28.1 Å². The van der Waals surface area contributed by atoms with E-state index in [1.165, 1.54) is 57.0 Å². The van der Waals surface area contributed by atoms with Gasteiger partial charge in [-0.05, 0) is 117 Å². The van der Waals surface area contributed by atoms with Gasteiger partial charge in [0.2, 0.25) is 12.2 Å². The lowest BCUT2D eigenvalue weighted by atomic mass is 9.90. The molecule has 2 N–H and O–H groups in total. The van der Waals surface area contributed by atoms with Gasteiger partial charge in [-0.2, -0.15) is 11.8 Å². The number of esters is 2. The summed E-state index contributed by atoms with van der Waals surface area (Å²) in [7, 11) is 0. The van der Waals surface area contributed by atoms with E-state index in [2.05, 4.69) is 58.6 Å². The van der Waals surface area contributed by atoms with Gasteiger partial charge in [-0.1, -0.05) is 103 Å². The third-order valence-corrected chi connectivity index (χ3v) is 8.83. The van der Waals surface area contributed by atoms with Crippen molar-refractivity contribution in [2.75, 3.05) is 37.9 Å². The van der Waals surface area contributed by atoms with Crippen molar-refractivity contribution in [2.24, 2.45) is 28.1 Å². The first kappa shape index (κ1) is 65.2. The Morgan fingerprint density at radius 2 is 0.917 bits per heavy atom. The number of ether oxygens (including phenoxy) is 5. The summed E-state index contributed by atoms with van der Waals surface area (Å²) in [5, 5.41) is 12.4. The summed E-state index contributed by atoms with van der Waals surface area (Å²) in [5.41, 5.74) is 0.247. The average molecular weight is 880 g/mol. The van der Waals surface area contributed by atoms with Crippen LogP contribution in [-0.2, 0) is 38.1 Å². The molecule has 60 heavy (non-hydrogen) atoms. The van der Waals surface area contributed by atoms with Gasteiger partial charge in [0.05, 0.1) is 41.9 Å². The van der Waals surface area contributed by atoms with Gasteiger partial charge >= 0.3 is 11.9 Å². The first-order valence-corrected chi connectivity index (χ1v) is 23.8. The maximum absolute atomic E-state index is 11.5. The molecular weight excluding hydrogens is 779 g/mol. The van der Waals surface area contributed by atoms with E-state index >= 15 is 0 Å². The van der Waals surface area contributed by atoms with Gasteiger partial charge in [-0.25, -0.2) is 0 Å². The summed E-state index contributed by atoms with van der Waals surface area (Å²) in [6.07, 6.45) is 7.88. The molecule has 0 aromatic rings. The van der Waals surface area contributed by atoms with Crippen molar-refractivity contribution < 1.29 is 43.2 Å². The number of aliphatic hydroxyl groups is 1. The van der Waals surface area contributed by atoms with E-state index in [0.29, 0.717) is 37.2 Å². The molecule has 0 aliphatic heterocycles. The highest BCUT2D eigenvalue weighted by Gasteiger charge is 2.21. The molecule has 0 aromatic carbocycles. The number of nitrogens with one attached hydrogen (secondary N) is 1. The van der Waals surface area contributed by atoms with Crippen LogP contribution < -0.4 is 5.32 Å². The topological polar surface area (TPSA) is 130 Å². The van der Waals surface area contributed by atoms with Crippen molar-refractivity contribution in [1.29, 1.82) is 0 Å². The Balaban J connectivity index is -0.000000350. The molecule has 0 radical (unpaired) electrons. The molecule has 0 unspecified atom stereocenters. The molecule has 0 aromatic heterocycles. The Labute approximate surface area is 376 Å². The Hall–Kier alpha value is -1.40. The van der Waals surface area contributed by atoms with Crippen molar-refractivity contribution in [3.8, 4) is 0 Å². The van der Waals surface area contributed by atoms with E-state index in [-0.39, 0.29) is 51.9 Å². The Morgan fingerprint density at radius 3 is 1.27 bits per heavy atom. The highest BCUT2D eigenvalue weighted by atomic mass is 32.2. The summed E-state index contributed by atoms with van der Waals surface area (Å²) in [4.78, 5) is 33.7. The summed E-state index contributed by atoms with van der Waals surface area (Å²) in [6, 6.07) is 0. The van der Waals surface area contributed by atoms with Crippen LogP contribution in [0.3, 0.4) is 0 Å². The third kappa shape index (κ3) is 56.6. The van der Waals surface area contributed by atoms with Gasteiger partial charge in [0.1, 0.15) is 6.10 Å². The van der Waals surface area contributed by atoms with E-state index in [4.69, 9.17) is 23.7 Å². The van der Waals surface area contributed by atoms with Crippen molar-refractivity contribution in [1.82, 2.24) is 5.32 Å². The molecular formula is C49H101NO9S. The van der Waals surface area contributed by atoms with Crippen molar-refractivity contribution in [2.45, 2.75) is 233 Å². The lowest BCUT2D eigenvalue weighted by molar-refractivity contribution is -0.188. The second-order valence-electron chi connectivity index (χ2n) is 22.7. The molecule has 0 spiro atoms. The maximum atomic E-state index is 11.5. The highest BCUT2D eigenvalue weighted by Crippen LogP contribution is 2.24. The normalized spacial score (nSPS) is 12.6. The fraction of sp³-hybridized carbons (Fsp3) is 0.939. The molecule has 11 heteroatoms. The molecule has 0 atom stereocenters. The van der Waals surface area contributed by atoms with Crippen molar-refractivity contribution in [3.63, 3.8) is 0 Å². The van der Waals surface area contributed by atoms with E-state index in [9.17, 15) is 19.5 Å². The number of rotatable bonds is 20. The zero-order valence-electron chi connectivity index (χ0n) is 43.6. The SMILES string of the molecule is CC(C)(C)CCCCCSCCCC(C)(C)C.CC(C)(C)OCC(O)COC(C)(C)C.CC(C)(C)OCCCNC(=O)C(C)(C)C.CC(OC(=O)C(C)C)OC(=O)C(C)C. The minimum absolute atomic E-state index is 0.0892. The van der Waals surface area contributed by atoms with E-state index < -0.39 is 12.4 Å². The summed E-state index contributed by atoms with van der Waals surface area (Å²) < 4.78 is 26.1. The van der Waals surface area contributed by atoms with Gasteiger partial charge in [-0.15, -0.1) is 0 Å². The molecule has 0 heterocycles. The number of thioether (sulfide) groups is 1. The van der Waals surface area contributed by atoms with Crippen molar-refractivity contribution in [3.05, 3.63) is 0 Å². The molecule has 0 aliphatic carbocycles. The lowest BCUT2D eigenvalue weighted by Crippen LogP contribution is -2.35. The van der Waals surface area contributed by atoms with Crippen LogP contribution in [-0.4, -0.2) is 90.0 Å². The molecule has 0 rings (SSSR count). The quantitative estimate of drug-likeness (QED) is 0.0692. The highest BCUT2D eigenvalue weighted by molar-refractivity contribution is 7.99. The van der Waals surface area contributed by atoms with Crippen LogP contribution >= 0.6 is 11.8 Å². The molecule has 362 valence electrons. The lowest BCUT2D eigenvalue weighted by Gasteiger charge is -2.25. The Kier molecular flexibility index (Phi) is 35.1. The van der Waals surface area contributed by atoms with E-state index in [1.54, 1.807) is 27.7 Å². The molecule has 0 aliphatic rings. The van der Waals surface area contributed by atoms with Gasteiger partial charge in [-0.3, -0.25) is 14.4 Å². The molecule has 0 saturated carbocycles. The largest absolute Gasteiger partial charge is 0.425 e. The molecule has 0 bridgehead atoms. The number of aliphatic hydroxyl groups excluding tert-OH is 1. The van der Waals surface area contributed by atoms with E-state index in [1.807, 2.05) is 83.1 Å². The predicted molar refractivity (Wildman–Crippen MR) is 255 cm³/mol. The number of carbonyl (C=O) groups excluding carboxylic acids is 3. The zero-order valence-corrected chi connectivity index (χ0v) is 44.4. The molecule has 0 fully saturated rings. The van der Waals surface area contributed by atoms with Crippen LogP contribution in [0.5, 0.6) is 0 Å². The van der Waals surface area contributed by atoms with E-state index in [0.717, 1.165) is 6.42 Å². The van der Waals surface area contributed by atoms with Crippen molar-refractivity contribution >= 4 is 29.6 Å². The molecule has 10 nitrogen and oxygen atoms in total. The Morgan fingerprint density at radius 1 is 0.533 bits per heavy atom. The number of amides is 1. The summed E-state index contributed by atoms with van der Waals surface area (Å²) in [6.45, 7) is 48.1. The predicted octanol–water partition coefficient (Wildman–Crippen LogP) is 12.2. The fourth-order valence-electron chi connectivity index (χ4n) is 4.12. The number of hydrogen-bond donors (Lipinski definition) is 2. The number of hydrogen-bond acceptors (Lipinski definition) is 10. The smallest absolute Gasteiger partial charge is 0.311 e. The second-order valence-corrected chi connectivity index (χ2v) is 23.9. The monoisotopic (exact) mass is 880 g/mol.